The molecule has 17 heavy (non-hydrogen) atoms. The summed E-state index contributed by atoms with van der Waals surface area (Å²) in [5.74, 6) is -0.297. The lowest BCUT2D eigenvalue weighted by Gasteiger charge is -2.00. The highest BCUT2D eigenvalue weighted by molar-refractivity contribution is 5.93. The summed E-state index contributed by atoms with van der Waals surface area (Å²) in [6.07, 6.45) is 6.14. The normalized spacial score (nSPS) is 10.7. The number of pyridine rings is 1. The number of hydrazone groups is 1. The fraction of sp³-hybridized carbons (Fsp3) is 0.417. The van der Waals surface area contributed by atoms with E-state index in [1.54, 1.807) is 18.3 Å². The van der Waals surface area contributed by atoms with Crippen molar-refractivity contribution < 1.29 is 9.90 Å². The Morgan fingerprint density at radius 1 is 1.59 bits per heavy atom. The zero-order valence-electron chi connectivity index (χ0n) is 9.89. The van der Waals surface area contributed by atoms with Crippen LogP contribution in [0, 0.1) is 0 Å². The molecule has 0 unspecified atom stereocenters. The number of aliphatic hydroxyl groups excluding tert-OH is 1. The minimum absolute atomic E-state index is 0.128. The summed E-state index contributed by atoms with van der Waals surface area (Å²) in [6, 6.07) is 3.21. The Bertz CT molecular complexity index is 374. The first-order valence-electron chi connectivity index (χ1n) is 5.65. The molecule has 0 bridgehead atoms. The van der Waals surface area contributed by atoms with Gasteiger partial charge >= 0.3 is 0 Å². The van der Waals surface area contributed by atoms with Gasteiger partial charge < -0.3 is 5.11 Å². The van der Waals surface area contributed by atoms with Crippen LogP contribution in [0.5, 0.6) is 0 Å². The second-order valence-corrected chi connectivity index (χ2v) is 3.59. The third-order valence-electron chi connectivity index (χ3n) is 2.19. The highest BCUT2D eigenvalue weighted by atomic mass is 16.3. The van der Waals surface area contributed by atoms with Gasteiger partial charge in [-0.15, -0.1) is 0 Å². The molecule has 5 nitrogen and oxygen atoms in total. The number of hydrogen-bond donors (Lipinski definition) is 2. The van der Waals surface area contributed by atoms with Crippen molar-refractivity contribution >= 4 is 12.1 Å². The van der Waals surface area contributed by atoms with Crippen LogP contribution >= 0.6 is 0 Å². The first kappa shape index (κ1) is 13.3. The highest BCUT2D eigenvalue weighted by Gasteiger charge is 2.03. The summed E-state index contributed by atoms with van der Waals surface area (Å²) in [5.41, 5.74) is 3.38. The Labute approximate surface area is 101 Å². The van der Waals surface area contributed by atoms with Gasteiger partial charge in [-0.2, -0.15) is 5.10 Å². The fourth-order valence-electron chi connectivity index (χ4n) is 1.18. The summed E-state index contributed by atoms with van der Waals surface area (Å²) in [4.78, 5) is 15.5. The molecule has 1 heterocycles. The first-order valence-corrected chi connectivity index (χ1v) is 5.65. The predicted octanol–water partition coefficient (Wildman–Crippen LogP) is 1.48. The van der Waals surface area contributed by atoms with Crippen molar-refractivity contribution in [3.63, 3.8) is 0 Å². The van der Waals surface area contributed by atoms with Crippen LogP contribution in [0.4, 0.5) is 0 Å². The van der Waals surface area contributed by atoms with Gasteiger partial charge in [0.05, 0.1) is 17.9 Å². The Morgan fingerprint density at radius 2 is 2.41 bits per heavy atom. The third-order valence-corrected chi connectivity index (χ3v) is 2.19. The molecule has 0 atom stereocenters. The number of nitrogens with zero attached hydrogens (tertiary/aromatic N) is 2. The number of aliphatic hydroxyl groups is 1. The highest BCUT2D eigenvalue weighted by Crippen LogP contribution is 2.00. The molecule has 2 N–H and O–H groups in total. The van der Waals surface area contributed by atoms with Crippen LogP contribution in [0.3, 0.4) is 0 Å². The molecular weight excluding hydrogens is 218 g/mol. The lowest BCUT2D eigenvalue weighted by atomic mass is 10.2. The topological polar surface area (TPSA) is 74.6 Å². The number of hydrogen-bond acceptors (Lipinski definition) is 4. The maximum Gasteiger partial charge on any atom is 0.272 e. The van der Waals surface area contributed by atoms with Crippen LogP contribution < -0.4 is 5.43 Å². The van der Waals surface area contributed by atoms with Crippen LogP contribution in [0.25, 0.3) is 0 Å². The lowest BCUT2D eigenvalue weighted by Crippen LogP contribution is -2.17. The Kier molecular flexibility index (Phi) is 5.88. The van der Waals surface area contributed by atoms with E-state index in [0.717, 1.165) is 19.3 Å². The van der Waals surface area contributed by atoms with Gasteiger partial charge in [0, 0.05) is 12.4 Å². The minimum atomic E-state index is -0.297. The molecule has 0 aromatic carbocycles. The van der Waals surface area contributed by atoms with Crippen LogP contribution in [-0.2, 0) is 6.61 Å². The van der Waals surface area contributed by atoms with E-state index >= 15 is 0 Å². The van der Waals surface area contributed by atoms with Crippen molar-refractivity contribution in [1.29, 1.82) is 0 Å². The average molecular weight is 235 g/mol. The van der Waals surface area contributed by atoms with Crippen LogP contribution in [0.1, 0.15) is 42.2 Å². The van der Waals surface area contributed by atoms with Gasteiger partial charge in [0.1, 0.15) is 0 Å². The zero-order valence-corrected chi connectivity index (χ0v) is 9.89. The molecule has 0 saturated heterocycles. The molecule has 1 aromatic heterocycles. The van der Waals surface area contributed by atoms with E-state index in [-0.39, 0.29) is 12.5 Å². The summed E-state index contributed by atoms with van der Waals surface area (Å²) in [7, 11) is 0. The van der Waals surface area contributed by atoms with E-state index in [1.807, 2.05) is 0 Å². The number of rotatable bonds is 6. The average Bonchev–Trinajstić information content (AvgIpc) is 2.38. The molecule has 0 spiro atoms. The molecule has 0 aliphatic rings. The van der Waals surface area contributed by atoms with Crippen LogP contribution in [0.2, 0.25) is 0 Å². The number of aromatic nitrogens is 1. The summed E-state index contributed by atoms with van der Waals surface area (Å²) >= 11 is 0. The number of carbonyl (C=O) groups is 1. The molecule has 1 aromatic rings. The molecule has 0 aliphatic carbocycles. The van der Waals surface area contributed by atoms with Gasteiger partial charge in [-0.3, -0.25) is 9.78 Å². The monoisotopic (exact) mass is 235 g/mol. The van der Waals surface area contributed by atoms with Crippen molar-refractivity contribution in [3.05, 3.63) is 29.6 Å². The van der Waals surface area contributed by atoms with Crippen molar-refractivity contribution in [2.45, 2.75) is 32.8 Å². The van der Waals surface area contributed by atoms with E-state index in [1.165, 1.54) is 6.20 Å². The van der Waals surface area contributed by atoms with Crippen molar-refractivity contribution in [1.82, 2.24) is 10.4 Å². The summed E-state index contributed by atoms with van der Waals surface area (Å²) in [5, 5.41) is 12.6. The molecule has 0 radical (unpaired) electrons. The van der Waals surface area contributed by atoms with Crippen molar-refractivity contribution in [2.24, 2.45) is 5.10 Å². The molecule has 1 amide bonds. The first-order chi connectivity index (χ1) is 8.27. The van der Waals surface area contributed by atoms with E-state index in [4.69, 9.17) is 5.11 Å². The van der Waals surface area contributed by atoms with Gasteiger partial charge in [-0.1, -0.05) is 13.3 Å². The SMILES string of the molecule is CCCC/C=N/NC(=O)c1ccc(CO)nc1. The smallest absolute Gasteiger partial charge is 0.272 e. The van der Waals surface area contributed by atoms with Gasteiger partial charge in [0.15, 0.2) is 0 Å². The second-order valence-electron chi connectivity index (χ2n) is 3.59. The quantitative estimate of drug-likeness (QED) is 0.445. The minimum Gasteiger partial charge on any atom is -0.390 e. The molecule has 5 heteroatoms. The Hall–Kier alpha value is -1.75. The predicted molar refractivity (Wildman–Crippen MR) is 65.6 cm³/mol. The number of amides is 1. The van der Waals surface area contributed by atoms with Gasteiger partial charge in [-0.05, 0) is 25.0 Å². The number of carbonyl (C=O) groups excluding carboxylic acids is 1. The summed E-state index contributed by atoms with van der Waals surface area (Å²) < 4.78 is 0. The van der Waals surface area contributed by atoms with E-state index in [2.05, 4.69) is 22.4 Å². The standard InChI is InChI=1S/C12H17N3O2/c1-2-3-4-7-14-15-12(17)10-5-6-11(9-16)13-8-10/h5-8,16H,2-4,9H2,1H3,(H,15,17)/b14-7+. The van der Waals surface area contributed by atoms with Gasteiger partial charge in [0.2, 0.25) is 0 Å². The van der Waals surface area contributed by atoms with Gasteiger partial charge in [0.25, 0.3) is 5.91 Å². The molecule has 92 valence electrons. The lowest BCUT2D eigenvalue weighted by molar-refractivity contribution is 0.0954. The Balaban J connectivity index is 2.43. The maximum atomic E-state index is 11.5. The summed E-state index contributed by atoms with van der Waals surface area (Å²) in [6.45, 7) is 1.97. The molecule has 1 rings (SSSR count). The zero-order chi connectivity index (χ0) is 12.5. The number of nitrogens with one attached hydrogen (secondary N) is 1. The molecule has 0 fully saturated rings. The van der Waals surface area contributed by atoms with E-state index < -0.39 is 0 Å². The van der Waals surface area contributed by atoms with Gasteiger partial charge in [-0.25, -0.2) is 5.43 Å². The van der Waals surface area contributed by atoms with E-state index in [9.17, 15) is 4.79 Å². The molecule has 0 saturated carbocycles. The third kappa shape index (κ3) is 4.74. The number of unbranched alkanes of at least 4 members (excludes halogenated alkanes) is 2. The maximum absolute atomic E-state index is 11.5. The fourth-order valence-corrected chi connectivity index (χ4v) is 1.18. The molecule has 0 aliphatic heterocycles. The van der Waals surface area contributed by atoms with Crippen molar-refractivity contribution in [3.8, 4) is 0 Å². The van der Waals surface area contributed by atoms with E-state index in [0.29, 0.717) is 11.3 Å². The van der Waals surface area contributed by atoms with Crippen LogP contribution in [0.15, 0.2) is 23.4 Å². The largest absolute Gasteiger partial charge is 0.390 e. The van der Waals surface area contributed by atoms with Crippen molar-refractivity contribution in [2.75, 3.05) is 0 Å². The van der Waals surface area contributed by atoms with Crippen LogP contribution in [-0.4, -0.2) is 22.2 Å². The Morgan fingerprint density at radius 3 is 3.00 bits per heavy atom. The molecular formula is C12H17N3O2. The second kappa shape index (κ2) is 7.51.